The molecule has 2 aromatic rings. The summed E-state index contributed by atoms with van der Waals surface area (Å²) in [7, 11) is 2.08. The van der Waals surface area contributed by atoms with Gasteiger partial charge < -0.3 is 10.0 Å². The number of halogens is 1. The summed E-state index contributed by atoms with van der Waals surface area (Å²) in [5.74, 6) is 0. The fraction of sp³-hybridized carbons (Fsp3) is 0.294. The minimum atomic E-state index is -0.458. The Morgan fingerprint density at radius 3 is 2.50 bits per heavy atom. The van der Waals surface area contributed by atoms with Crippen LogP contribution in [0, 0.1) is 6.92 Å². The van der Waals surface area contributed by atoms with Crippen molar-refractivity contribution in [1.29, 1.82) is 0 Å². The van der Waals surface area contributed by atoms with E-state index in [-0.39, 0.29) is 0 Å². The fourth-order valence-electron chi connectivity index (χ4n) is 2.23. The smallest absolute Gasteiger partial charge is 0.0772 e. The highest BCUT2D eigenvalue weighted by Gasteiger charge is 2.09. The Morgan fingerprint density at radius 2 is 1.90 bits per heavy atom. The number of aryl methyl sites for hydroxylation is 1. The highest BCUT2D eigenvalue weighted by molar-refractivity contribution is 9.10. The topological polar surface area (TPSA) is 23.5 Å². The van der Waals surface area contributed by atoms with Crippen molar-refractivity contribution >= 4 is 21.6 Å². The maximum Gasteiger partial charge on any atom is 0.0772 e. The third kappa shape index (κ3) is 3.41. The molecule has 0 heterocycles. The zero-order valence-electron chi connectivity index (χ0n) is 12.1. The van der Waals surface area contributed by atoms with E-state index in [2.05, 4.69) is 65.1 Å². The molecule has 0 amide bonds. The largest absolute Gasteiger partial charge is 0.389 e. The molecule has 1 atom stereocenters. The molecule has 3 heteroatoms. The van der Waals surface area contributed by atoms with Gasteiger partial charge in [-0.05, 0) is 42.7 Å². The Hall–Kier alpha value is -1.32. The minimum absolute atomic E-state index is 0.458. The molecule has 0 bridgehead atoms. The summed E-state index contributed by atoms with van der Waals surface area (Å²) in [6.07, 6.45) is -0.458. The van der Waals surface area contributed by atoms with Crippen LogP contribution < -0.4 is 4.90 Å². The predicted molar refractivity (Wildman–Crippen MR) is 88.1 cm³/mol. The first kappa shape index (κ1) is 15.1. The van der Waals surface area contributed by atoms with Gasteiger partial charge >= 0.3 is 0 Å². The second kappa shape index (κ2) is 6.42. The Morgan fingerprint density at radius 1 is 1.20 bits per heavy atom. The molecule has 0 fully saturated rings. The number of benzene rings is 2. The van der Waals surface area contributed by atoms with E-state index in [1.165, 1.54) is 11.1 Å². The van der Waals surface area contributed by atoms with Crippen LogP contribution >= 0.6 is 15.9 Å². The van der Waals surface area contributed by atoms with Gasteiger partial charge in [0.1, 0.15) is 0 Å². The average Bonchev–Trinajstić information content (AvgIpc) is 2.40. The van der Waals surface area contributed by atoms with Gasteiger partial charge in [0.05, 0.1) is 6.10 Å². The van der Waals surface area contributed by atoms with Gasteiger partial charge in [0.15, 0.2) is 0 Å². The van der Waals surface area contributed by atoms with E-state index in [1.807, 2.05) is 12.1 Å². The highest BCUT2D eigenvalue weighted by Crippen LogP contribution is 2.28. The quantitative estimate of drug-likeness (QED) is 0.893. The standard InChI is InChI=1S/C17H20BrNO/c1-12-6-4-5-7-14(12)11-19(3)15-8-9-16(13(2)20)17(18)10-15/h4-10,13,20H,11H2,1-3H3. The first-order valence-corrected chi connectivity index (χ1v) is 7.51. The number of aliphatic hydroxyl groups excluding tert-OH is 1. The van der Waals surface area contributed by atoms with E-state index in [1.54, 1.807) is 6.92 Å². The number of rotatable bonds is 4. The lowest BCUT2D eigenvalue weighted by Gasteiger charge is -2.22. The first-order valence-electron chi connectivity index (χ1n) is 6.72. The summed E-state index contributed by atoms with van der Waals surface area (Å²) in [6, 6.07) is 14.5. The van der Waals surface area contributed by atoms with Crippen molar-refractivity contribution in [2.75, 3.05) is 11.9 Å². The van der Waals surface area contributed by atoms with Crippen LogP contribution in [0.25, 0.3) is 0 Å². The first-order chi connectivity index (χ1) is 9.49. The van der Waals surface area contributed by atoms with Gasteiger partial charge in [-0.1, -0.05) is 46.3 Å². The Labute approximate surface area is 129 Å². The third-order valence-electron chi connectivity index (χ3n) is 3.54. The summed E-state index contributed by atoms with van der Waals surface area (Å²) in [5.41, 5.74) is 4.67. The lowest BCUT2D eigenvalue weighted by molar-refractivity contribution is 0.198. The van der Waals surface area contributed by atoms with Gasteiger partial charge in [-0.2, -0.15) is 0 Å². The van der Waals surface area contributed by atoms with Crippen LogP contribution in [0.15, 0.2) is 46.9 Å². The molecule has 0 spiro atoms. The molecule has 20 heavy (non-hydrogen) atoms. The second-order valence-electron chi connectivity index (χ2n) is 5.16. The van der Waals surface area contributed by atoms with Crippen molar-refractivity contribution < 1.29 is 5.11 Å². The normalized spacial score (nSPS) is 12.2. The number of anilines is 1. The van der Waals surface area contributed by atoms with Gasteiger partial charge in [-0.3, -0.25) is 0 Å². The summed E-state index contributed by atoms with van der Waals surface area (Å²) in [4.78, 5) is 2.21. The molecular weight excluding hydrogens is 314 g/mol. The molecule has 0 aliphatic rings. The van der Waals surface area contributed by atoms with Gasteiger partial charge in [-0.25, -0.2) is 0 Å². The molecule has 2 rings (SSSR count). The van der Waals surface area contributed by atoms with Gasteiger partial charge in [-0.15, -0.1) is 0 Å². The predicted octanol–water partition coefficient (Wildman–Crippen LogP) is 4.45. The van der Waals surface area contributed by atoms with E-state index in [9.17, 15) is 5.11 Å². The van der Waals surface area contributed by atoms with E-state index in [0.29, 0.717) is 0 Å². The monoisotopic (exact) mass is 333 g/mol. The SMILES string of the molecule is Cc1ccccc1CN(C)c1ccc(C(C)O)c(Br)c1. The fourth-order valence-corrected chi connectivity index (χ4v) is 2.92. The van der Waals surface area contributed by atoms with Gasteiger partial charge in [0, 0.05) is 23.8 Å². The number of nitrogens with zero attached hydrogens (tertiary/aromatic N) is 1. The minimum Gasteiger partial charge on any atom is -0.389 e. The van der Waals surface area contributed by atoms with Crippen LogP contribution in [-0.4, -0.2) is 12.2 Å². The second-order valence-corrected chi connectivity index (χ2v) is 6.02. The van der Waals surface area contributed by atoms with Crippen molar-refractivity contribution in [3.8, 4) is 0 Å². The molecule has 0 aliphatic heterocycles. The molecule has 0 saturated heterocycles. The summed E-state index contributed by atoms with van der Waals surface area (Å²) >= 11 is 3.53. The van der Waals surface area contributed by atoms with Crippen molar-refractivity contribution in [3.63, 3.8) is 0 Å². The van der Waals surface area contributed by atoms with Crippen LogP contribution in [0.1, 0.15) is 29.7 Å². The van der Waals surface area contributed by atoms with Crippen LogP contribution in [0.4, 0.5) is 5.69 Å². The summed E-state index contributed by atoms with van der Waals surface area (Å²) in [5, 5.41) is 9.66. The van der Waals surface area contributed by atoms with Gasteiger partial charge in [0.25, 0.3) is 0 Å². The molecule has 2 aromatic carbocycles. The molecule has 1 N–H and O–H groups in total. The number of hydrogen-bond acceptors (Lipinski definition) is 2. The maximum absolute atomic E-state index is 9.66. The molecule has 106 valence electrons. The molecule has 0 aliphatic carbocycles. The Bertz CT molecular complexity index is 595. The van der Waals surface area contributed by atoms with E-state index >= 15 is 0 Å². The number of hydrogen-bond donors (Lipinski definition) is 1. The van der Waals surface area contributed by atoms with E-state index < -0.39 is 6.10 Å². The zero-order valence-corrected chi connectivity index (χ0v) is 13.7. The average molecular weight is 334 g/mol. The van der Waals surface area contributed by atoms with Crippen molar-refractivity contribution in [2.45, 2.75) is 26.5 Å². The summed E-state index contributed by atoms with van der Waals surface area (Å²) in [6.45, 7) is 4.78. The zero-order chi connectivity index (χ0) is 14.7. The van der Waals surface area contributed by atoms with Crippen LogP contribution in [0.2, 0.25) is 0 Å². The lowest BCUT2D eigenvalue weighted by atomic mass is 10.1. The molecule has 0 radical (unpaired) electrons. The maximum atomic E-state index is 9.66. The van der Waals surface area contributed by atoms with E-state index in [0.717, 1.165) is 22.3 Å². The molecule has 1 unspecified atom stereocenters. The number of aliphatic hydroxyl groups is 1. The molecule has 2 nitrogen and oxygen atoms in total. The molecular formula is C17H20BrNO. The van der Waals surface area contributed by atoms with Gasteiger partial charge in [0.2, 0.25) is 0 Å². The molecule has 0 aromatic heterocycles. The van der Waals surface area contributed by atoms with Crippen LogP contribution in [0.3, 0.4) is 0 Å². The van der Waals surface area contributed by atoms with Crippen molar-refractivity contribution in [1.82, 2.24) is 0 Å². The lowest BCUT2D eigenvalue weighted by Crippen LogP contribution is -2.17. The van der Waals surface area contributed by atoms with Crippen molar-refractivity contribution in [3.05, 3.63) is 63.6 Å². The Kier molecular flexibility index (Phi) is 4.84. The third-order valence-corrected chi connectivity index (χ3v) is 4.23. The van der Waals surface area contributed by atoms with Crippen molar-refractivity contribution in [2.24, 2.45) is 0 Å². The highest BCUT2D eigenvalue weighted by atomic mass is 79.9. The van der Waals surface area contributed by atoms with Crippen LogP contribution in [-0.2, 0) is 6.54 Å². The van der Waals surface area contributed by atoms with Crippen LogP contribution in [0.5, 0.6) is 0 Å². The molecule has 0 saturated carbocycles. The van der Waals surface area contributed by atoms with E-state index in [4.69, 9.17) is 0 Å². The summed E-state index contributed by atoms with van der Waals surface area (Å²) < 4.78 is 0.946. The Balaban J connectivity index is 2.20.